The molecular formula is C34H49N5O9S. The van der Waals surface area contributed by atoms with Crippen molar-refractivity contribution in [3.63, 3.8) is 0 Å². The number of nitrogens with one attached hydrogen (secondary N) is 4. The van der Waals surface area contributed by atoms with Crippen LogP contribution in [0.25, 0.3) is 0 Å². The van der Waals surface area contributed by atoms with Crippen LogP contribution in [0.15, 0.2) is 30.9 Å². The average Bonchev–Trinajstić information content (AvgIpc) is 3.89. The number of carbonyl (C=O) groups excluding carboxylic acids is 5. The van der Waals surface area contributed by atoms with Crippen molar-refractivity contribution in [3.8, 4) is 0 Å². The third kappa shape index (κ3) is 8.91. The Balaban J connectivity index is 1.60. The summed E-state index contributed by atoms with van der Waals surface area (Å²) in [5.41, 5.74) is -1.09. The van der Waals surface area contributed by atoms with E-state index < -0.39 is 85.8 Å². The van der Waals surface area contributed by atoms with Gasteiger partial charge < -0.3 is 25.0 Å². The van der Waals surface area contributed by atoms with Crippen molar-refractivity contribution in [2.75, 3.05) is 11.9 Å². The van der Waals surface area contributed by atoms with Gasteiger partial charge in [0.15, 0.2) is 0 Å². The predicted octanol–water partition coefficient (Wildman–Crippen LogP) is 3.43. The number of hydrogen-bond donors (Lipinski definition) is 4. The summed E-state index contributed by atoms with van der Waals surface area (Å²) in [7, 11) is -3.91. The van der Waals surface area contributed by atoms with Crippen molar-refractivity contribution in [1.82, 2.24) is 20.3 Å². The summed E-state index contributed by atoms with van der Waals surface area (Å²) in [6.45, 7) is 17.5. The molecule has 5 atom stereocenters. The second-order valence-electron chi connectivity index (χ2n) is 15.3. The third-order valence-electron chi connectivity index (χ3n) is 8.85. The zero-order chi connectivity index (χ0) is 36.7. The fraction of sp³-hybridized carbons (Fsp3) is 0.618. The van der Waals surface area contributed by atoms with E-state index in [0.29, 0.717) is 18.5 Å². The summed E-state index contributed by atoms with van der Waals surface area (Å²) >= 11 is 0. The zero-order valence-corrected chi connectivity index (χ0v) is 30.3. The number of amides is 5. The van der Waals surface area contributed by atoms with Crippen LogP contribution in [-0.2, 0) is 33.9 Å². The van der Waals surface area contributed by atoms with Gasteiger partial charge in [-0.2, -0.15) is 0 Å². The van der Waals surface area contributed by atoms with E-state index in [1.165, 1.54) is 11.0 Å². The molecule has 1 aromatic carbocycles. The van der Waals surface area contributed by atoms with Crippen LogP contribution < -0.4 is 20.7 Å². The SMILES string of the molecule is C=CC1C[C@]1(NC(=O)[C@@H]1C[C@@H](OC(=O)Nc2c(C)cccc2C)CN1C(=O)[C@@H](NC(=O)OC(C)(C)C)C(C)(C)C)C(=O)NS(=O)(=O)C1CC1. The largest absolute Gasteiger partial charge is 0.444 e. The number of para-hydroxylation sites is 1. The normalized spacial score (nSPS) is 24.2. The number of carbonyl (C=O) groups is 5. The fourth-order valence-corrected chi connectivity index (χ4v) is 7.29. The van der Waals surface area contributed by atoms with Crippen molar-refractivity contribution < 1.29 is 41.9 Å². The van der Waals surface area contributed by atoms with Crippen LogP contribution in [-0.4, -0.2) is 84.3 Å². The van der Waals surface area contributed by atoms with Gasteiger partial charge >= 0.3 is 12.2 Å². The molecule has 5 amide bonds. The van der Waals surface area contributed by atoms with Gasteiger partial charge in [0.05, 0.1) is 11.8 Å². The molecule has 14 nitrogen and oxygen atoms in total. The lowest BCUT2D eigenvalue weighted by atomic mass is 9.85. The number of nitrogens with zero attached hydrogens (tertiary/aromatic N) is 1. The first kappa shape index (κ1) is 37.7. The van der Waals surface area contributed by atoms with E-state index in [9.17, 15) is 32.4 Å². The van der Waals surface area contributed by atoms with Crippen LogP contribution in [0, 0.1) is 25.2 Å². The molecule has 1 saturated heterocycles. The van der Waals surface area contributed by atoms with Crippen LogP contribution >= 0.6 is 0 Å². The number of aryl methyl sites for hydroxylation is 2. The molecule has 0 radical (unpaired) electrons. The minimum Gasteiger partial charge on any atom is -0.444 e. The zero-order valence-electron chi connectivity index (χ0n) is 29.5. The van der Waals surface area contributed by atoms with Crippen LogP contribution in [0.3, 0.4) is 0 Å². The van der Waals surface area contributed by atoms with Gasteiger partial charge in [0.25, 0.3) is 5.91 Å². The number of ether oxygens (including phenoxy) is 2. The number of alkyl carbamates (subject to hydrolysis) is 1. The molecule has 4 N–H and O–H groups in total. The molecule has 270 valence electrons. The van der Waals surface area contributed by atoms with Crippen LogP contribution in [0.2, 0.25) is 0 Å². The van der Waals surface area contributed by atoms with E-state index in [4.69, 9.17) is 9.47 Å². The molecule has 3 aliphatic rings. The summed E-state index contributed by atoms with van der Waals surface area (Å²) in [5, 5.41) is 7.43. The van der Waals surface area contributed by atoms with E-state index in [-0.39, 0.29) is 19.4 Å². The first-order valence-electron chi connectivity index (χ1n) is 16.4. The highest BCUT2D eigenvalue weighted by atomic mass is 32.2. The molecule has 15 heteroatoms. The molecule has 1 aliphatic heterocycles. The van der Waals surface area contributed by atoms with Crippen molar-refractivity contribution in [3.05, 3.63) is 42.0 Å². The topological polar surface area (TPSA) is 189 Å². The van der Waals surface area contributed by atoms with E-state index in [1.54, 1.807) is 41.5 Å². The van der Waals surface area contributed by atoms with Gasteiger partial charge in [-0.25, -0.2) is 18.0 Å². The highest BCUT2D eigenvalue weighted by Gasteiger charge is 2.62. The van der Waals surface area contributed by atoms with Crippen molar-refractivity contribution in [1.29, 1.82) is 0 Å². The number of sulfonamides is 1. The molecular weight excluding hydrogens is 654 g/mol. The van der Waals surface area contributed by atoms with Gasteiger partial charge in [-0.3, -0.25) is 24.4 Å². The second kappa shape index (κ2) is 13.6. The molecule has 49 heavy (non-hydrogen) atoms. The minimum atomic E-state index is -3.91. The Morgan fingerprint density at radius 3 is 2.14 bits per heavy atom. The first-order chi connectivity index (χ1) is 22.6. The molecule has 0 bridgehead atoms. The third-order valence-corrected chi connectivity index (χ3v) is 10.7. The smallest absolute Gasteiger partial charge is 0.411 e. The Morgan fingerprint density at radius 2 is 1.63 bits per heavy atom. The monoisotopic (exact) mass is 703 g/mol. The van der Waals surface area contributed by atoms with Gasteiger partial charge in [-0.1, -0.05) is 45.0 Å². The Morgan fingerprint density at radius 1 is 1.02 bits per heavy atom. The van der Waals surface area contributed by atoms with E-state index >= 15 is 0 Å². The van der Waals surface area contributed by atoms with Crippen molar-refractivity contribution in [2.24, 2.45) is 11.3 Å². The molecule has 0 spiro atoms. The molecule has 4 rings (SSSR count). The summed E-state index contributed by atoms with van der Waals surface area (Å²) < 4.78 is 38.4. The Bertz CT molecular complexity index is 1610. The van der Waals surface area contributed by atoms with Crippen LogP contribution in [0.1, 0.15) is 78.4 Å². The lowest BCUT2D eigenvalue weighted by Gasteiger charge is -2.36. The van der Waals surface area contributed by atoms with E-state index in [2.05, 4.69) is 27.3 Å². The molecule has 3 fully saturated rings. The van der Waals surface area contributed by atoms with Gasteiger partial charge in [-0.05, 0) is 70.4 Å². The summed E-state index contributed by atoms with van der Waals surface area (Å²) in [4.78, 5) is 68.8. The van der Waals surface area contributed by atoms with Crippen LogP contribution in [0.4, 0.5) is 15.3 Å². The molecule has 0 aromatic heterocycles. The standard InChI is InChI=1S/C34H49N5O9S/c1-10-21-17-34(21,29(42)38-49(45,46)23-14-15-23)37-27(40)24-16-22(47-30(43)35-25-19(2)12-11-13-20(25)3)18-39(24)28(41)26(32(4,5)6)36-31(44)48-33(7,8)9/h10-13,21-24,26H,1,14-18H2,2-9H3,(H,35,43)(H,36,44)(H,37,40)(H,38,42)/t21?,22-,24+,26-,34-/m1/s1. The molecule has 2 saturated carbocycles. The molecule has 1 aromatic rings. The Labute approximate surface area is 288 Å². The van der Waals surface area contributed by atoms with Gasteiger partial charge in [0.1, 0.15) is 29.3 Å². The number of hydrogen-bond acceptors (Lipinski definition) is 9. The maximum absolute atomic E-state index is 14.3. The minimum absolute atomic E-state index is 0.109. The fourth-order valence-electron chi connectivity index (χ4n) is 5.93. The quantitative estimate of drug-likeness (QED) is 0.265. The van der Waals surface area contributed by atoms with Gasteiger partial charge in [0, 0.05) is 18.0 Å². The first-order valence-corrected chi connectivity index (χ1v) is 18.0. The van der Waals surface area contributed by atoms with Crippen molar-refractivity contribution in [2.45, 2.75) is 116 Å². The summed E-state index contributed by atoms with van der Waals surface area (Å²) in [6, 6.07) is 3.11. The number of rotatable bonds is 10. The molecule has 2 aliphatic carbocycles. The average molecular weight is 704 g/mol. The summed E-state index contributed by atoms with van der Waals surface area (Å²) in [6.07, 6.45) is -0.235. The highest BCUT2D eigenvalue weighted by Crippen LogP contribution is 2.45. The van der Waals surface area contributed by atoms with E-state index in [0.717, 1.165) is 11.1 Å². The maximum atomic E-state index is 14.3. The molecule has 1 heterocycles. The molecule has 1 unspecified atom stereocenters. The maximum Gasteiger partial charge on any atom is 0.411 e. The van der Waals surface area contributed by atoms with E-state index in [1.807, 2.05) is 32.0 Å². The second-order valence-corrected chi connectivity index (χ2v) is 17.2. The lowest BCUT2D eigenvalue weighted by molar-refractivity contribution is -0.143. The van der Waals surface area contributed by atoms with Crippen LogP contribution in [0.5, 0.6) is 0 Å². The number of likely N-dealkylation sites (tertiary alicyclic amines) is 1. The highest BCUT2D eigenvalue weighted by molar-refractivity contribution is 7.91. The van der Waals surface area contributed by atoms with Gasteiger partial charge in [0.2, 0.25) is 21.8 Å². The number of anilines is 1. The summed E-state index contributed by atoms with van der Waals surface area (Å²) in [5.74, 6) is -2.82. The number of benzene rings is 1. The predicted molar refractivity (Wildman–Crippen MR) is 182 cm³/mol. The van der Waals surface area contributed by atoms with Crippen molar-refractivity contribution >= 4 is 45.6 Å². The Kier molecular flexibility index (Phi) is 10.5. The lowest BCUT2D eigenvalue weighted by Crippen LogP contribution is -2.60. The Hall–Kier alpha value is -4.14. The van der Waals surface area contributed by atoms with Gasteiger partial charge in [-0.15, -0.1) is 6.58 Å².